The maximum Gasteiger partial charge on any atom is 0.228 e. The molecule has 5 fully saturated rings. The van der Waals surface area contributed by atoms with Crippen molar-refractivity contribution in [1.82, 2.24) is 10.2 Å². The summed E-state index contributed by atoms with van der Waals surface area (Å²) in [6.07, 6.45) is 8.87. The minimum atomic E-state index is -0.435. The molecule has 150 valence electrons. The van der Waals surface area contributed by atoms with Gasteiger partial charge in [-0.2, -0.15) is 0 Å². The van der Waals surface area contributed by atoms with Crippen LogP contribution in [0, 0.1) is 11.8 Å². The Morgan fingerprint density at radius 1 is 0.926 bits per heavy atom. The van der Waals surface area contributed by atoms with Crippen molar-refractivity contribution in [2.75, 3.05) is 6.54 Å². The summed E-state index contributed by atoms with van der Waals surface area (Å²) < 4.78 is 11.8. The molecule has 4 saturated heterocycles. The number of nitrogens with one attached hydrogen (secondary N) is 1. The molecule has 4 aliphatic heterocycles. The van der Waals surface area contributed by atoms with E-state index in [0.29, 0.717) is 12.6 Å². The normalized spacial score (nSPS) is 39.8. The van der Waals surface area contributed by atoms with E-state index in [1.165, 1.54) is 0 Å². The first kappa shape index (κ1) is 17.9. The highest BCUT2D eigenvalue weighted by atomic mass is 16.5. The summed E-state index contributed by atoms with van der Waals surface area (Å²) in [6.45, 7) is 4.66. The third-order valence-corrected chi connectivity index (χ3v) is 7.16. The van der Waals surface area contributed by atoms with Gasteiger partial charge < -0.3 is 19.7 Å². The van der Waals surface area contributed by atoms with Gasteiger partial charge in [-0.25, -0.2) is 0 Å². The van der Waals surface area contributed by atoms with E-state index in [0.717, 1.165) is 51.4 Å². The van der Waals surface area contributed by atoms with Crippen LogP contribution in [0.3, 0.4) is 0 Å². The van der Waals surface area contributed by atoms with E-state index in [1.807, 2.05) is 18.7 Å². The average Bonchev–Trinajstić information content (AvgIpc) is 3.03. The van der Waals surface area contributed by atoms with Crippen molar-refractivity contribution in [3.05, 3.63) is 0 Å². The second kappa shape index (κ2) is 6.45. The highest BCUT2D eigenvalue weighted by Crippen LogP contribution is 2.42. The second-order valence-corrected chi connectivity index (χ2v) is 10.0. The number of rotatable bonds is 6. The fraction of sp³-hybridized carbons (Fsp3) is 0.905. The molecular formula is C21H32N2O4. The Hall–Kier alpha value is -1.14. The van der Waals surface area contributed by atoms with Gasteiger partial charge in [0.1, 0.15) is 0 Å². The smallest absolute Gasteiger partial charge is 0.228 e. The van der Waals surface area contributed by atoms with Gasteiger partial charge in [0, 0.05) is 12.6 Å². The Morgan fingerprint density at radius 2 is 1.52 bits per heavy atom. The third-order valence-electron chi connectivity index (χ3n) is 7.16. The summed E-state index contributed by atoms with van der Waals surface area (Å²) in [5.74, 6) is 0.343. The van der Waals surface area contributed by atoms with Crippen molar-refractivity contribution in [1.29, 1.82) is 0 Å². The van der Waals surface area contributed by atoms with E-state index in [9.17, 15) is 9.59 Å². The van der Waals surface area contributed by atoms with Crippen LogP contribution in [0.4, 0.5) is 0 Å². The molecule has 2 amide bonds. The first-order chi connectivity index (χ1) is 12.9. The Balaban J connectivity index is 1.22. The molecule has 6 heteroatoms. The zero-order valence-corrected chi connectivity index (χ0v) is 16.5. The standard InChI is InChI=1S/C21H32N2O4/c1-21(2,22-19(24)15-9-13-5-7-17(15)26-13)11-23(12-3-4-12)20(25)16-10-14-6-8-18(16)27-14/h12-18H,3-11H2,1-2H3,(H,22,24)/t13-,14-,15-,16+,17-,18-/m1/s1. The lowest BCUT2D eigenvalue weighted by Gasteiger charge is -2.37. The van der Waals surface area contributed by atoms with Crippen molar-refractivity contribution in [2.45, 2.75) is 101 Å². The van der Waals surface area contributed by atoms with E-state index in [1.54, 1.807) is 0 Å². The van der Waals surface area contributed by atoms with E-state index in [4.69, 9.17) is 9.47 Å². The van der Waals surface area contributed by atoms with Crippen molar-refractivity contribution in [3.63, 3.8) is 0 Å². The minimum absolute atomic E-state index is 0.0212. The number of amides is 2. The summed E-state index contributed by atoms with van der Waals surface area (Å²) in [4.78, 5) is 28.1. The van der Waals surface area contributed by atoms with Crippen molar-refractivity contribution in [3.8, 4) is 0 Å². The molecule has 0 spiro atoms. The number of hydrogen-bond acceptors (Lipinski definition) is 4. The maximum absolute atomic E-state index is 13.3. The Bertz CT molecular complexity index is 632. The van der Waals surface area contributed by atoms with Crippen LogP contribution in [0.5, 0.6) is 0 Å². The number of carbonyl (C=O) groups is 2. The fourth-order valence-electron chi connectivity index (χ4n) is 5.69. The van der Waals surface area contributed by atoms with Gasteiger partial charge in [0.25, 0.3) is 0 Å². The van der Waals surface area contributed by atoms with Gasteiger partial charge in [-0.1, -0.05) is 0 Å². The number of carbonyl (C=O) groups excluding carboxylic acids is 2. The molecule has 0 radical (unpaired) electrons. The lowest BCUT2D eigenvalue weighted by Crippen LogP contribution is -2.56. The third kappa shape index (κ3) is 3.39. The number of fused-ring (bicyclic) bond motifs is 4. The maximum atomic E-state index is 13.3. The van der Waals surface area contributed by atoms with Gasteiger partial charge in [-0.3, -0.25) is 9.59 Å². The topological polar surface area (TPSA) is 67.9 Å². The molecule has 1 aliphatic carbocycles. The van der Waals surface area contributed by atoms with Crippen LogP contribution in [0.15, 0.2) is 0 Å². The summed E-state index contributed by atoms with van der Waals surface area (Å²) in [7, 11) is 0. The van der Waals surface area contributed by atoms with Crippen LogP contribution in [0.2, 0.25) is 0 Å². The molecule has 5 aliphatic rings. The zero-order valence-electron chi connectivity index (χ0n) is 16.5. The van der Waals surface area contributed by atoms with E-state index in [-0.39, 0.29) is 48.1 Å². The molecule has 0 aromatic heterocycles. The zero-order chi connectivity index (χ0) is 18.8. The average molecular weight is 376 g/mol. The van der Waals surface area contributed by atoms with E-state index < -0.39 is 5.54 Å². The number of hydrogen-bond donors (Lipinski definition) is 1. The van der Waals surface area contributed by atoms with Crippen LogP contribution in [0.1, 0.15) is 65.2 Å². The summed E-state index contributed by atoms with van der Waals surface area (Å²) in [6, 6.07) is 0.346. The summed E-state index contributed by atoms with van der Waals surface area (Å²) >= 11 is 0. The molecule has 5 rings (SSSR count). The molecule has 1 saturated carbocycles. The molecule has 6 atom stereocenters. The first-order valence-electron chi connectivity index (χ1n) is 10.8. The monoisotopic (exact) mass is 376 g/mol. The predicted molar refractivity (Wildman–Crippen MR) is 99.0 cm³/mol. The fourth-order valence-corrected chi connectivity index (χ4v) is 5.69. The van der Waals surface area contributed by atoms with Gasteiger partial charge in [0.2, 0.25) is 11.8 Å². The van der Waals surface area contributed by atoms with Crippen LogP contribution in [-0.4, -0.2) is 59.3 Å². The Morgan fingerprint density at radius 3 is 2.00 bits per heavy atom. The quantitative estimate of drug-likeness (QED) is 0.770. The van der Waals surface area contributed by atoms with E-state index in [2.05, 4.69) is 5.32 Å². The molecule has 27 heavy (non-hydrogen) atoms. The van der Waals surface area contributed by atoms with E-state index >= 15 is 0 Å². The van der Waals surface area contributed by atoms with Crippen LogP contribution in [0.25, 0.3) is 0 Å². The number of nitrogens with zero attached hydrogens (tertiary/aromatic N) is 1. The molecule has 4 heterocycles. The highest BCUT2D eigenvalue weighted by Gasteiger charge is 2.49. The molecule has 1 N–H and O–H groups in total. The Labute approximate surface area is 161 Å². The minimum Gasteiger partial charge on any atom is -0.374 e. The van der Waals surface area contributed by atoms with Gasteiger partial charge >= 0.3 is 0 Å². The van der Waals surface area contributed by atoms with Crippen molar-refractivity contribution >= 4 is 11.8 Å². The van der Waals surface area contributed by atoms with Crippen LogP contribution < -0.4 is 5.32 Å². The molecule has 4 bridgehead atoms. The van der Waals surface area contributed by atoms with Crippen molar-refractivity contribution in [2.24, 2.45) is 11.8 Å². The molecular weight excluding hydrogens is 344 g/mol. The van der Waals surface area contributed by atoms with Crippen LogP contribution >= 0.6 is 0 Å². The second-order valence-electron chi connectivity index (χ2n) is 10.0. The van der Waals surface area contributed by atoms with Crippen molar-refractivity contribution < 1.29 is 19.1 Å². The highest BCUT2D eigenvalue weighted by molar-refractivity contribution is 5.82. The summed E-state index contributed by atoms with van der Waals surface area (Å²) in [5, 5.41) is 3.23. The number of ether oxygens (including phenoxy) is 2. The van der Waals surface area contributed by atoms with Gasteiger partial charge in [0.15, 0.2) is 0 Å². The van der Waals surface area contributed by atoms with Gasteiger partial charge in [-0.15, -0.1) is 0 Å². The largest absolute Gasteiger partial charge is 0.374 e. The Kier molecular flexibility index (Phi) is 4.28. The lowest BCUT2D eigenvalue weighted by atomic mass is 9.87. The first-order valence-corrected chi connectivity index (χ1v) is 10.8. The molecule has 0 aromatic rings. The molecule has 6 nitrogen and oxygen atoms in total. The summed E-state index contributed by atoms with van der Waals surface area (Å²) in [5.41, 5.74) is -0.435. The lowest BCUT2D eigenvalue weighted by molar-refractivity contribution is -0.140. The predicted octanol–water partition coefficient (Wildman–Crippen LogP) is 2.01. The SMILES string of the molecule is CC(C)(CN(C(=O)[C@H]1C[C@H]2CC[C@H]1O2)C1CC1)NC(=O)[C@@H]1C[C@H]2CC[C@H]1O2. The van der Waals surface area contributed by atoms with Gasteiger partial charge in [-0.05, 0) is 65.2 Å². The molecule has 0 unspecified atom stereocenters. The van der Waals surface area contributed by atoms with Crippen LogP contribution in [-0.2, 0) is 19.1 Å². The molecule has 0 aromatic carbocycles. The van der Waals surface area contributed by atoms with Gasteiger partial charge in [0.05, 0.1) is 41.8 Å².